The van der Waals surface area contributed by atoms with Gasteiger partial charge in [-0.15, -0.1) is 0 Å². The van der Waals surface area contributed by atoms with Gasteiger partial charge >= 0.3 is 0 Å². The lowest BCUT2D eigenvalue weighted by Crippen LogP contribution is -2.52. The Labute approximate surface area is 148 Å². The molecule has 3 rings (SSSR count). The second kappa shape index (κ2) is 8.27. The molecule has 1 aromatic heterocycles. The van der Waals surface area contributed by atoms with Crippen LogP contribution >= 0.6 is 0 Å². The Balaban J connectivity index is 1.56. The SMILES string of the molecule is CCC(CO)N1CCN(C(=O)c2ccc(Cn3cccn3)cc2)CC1. The van der Waals surface area contributed by atoms with Crippen molar-refractivity contribution in [2.45, 2.75) is 25.9 Å². The number of hydrogen-bond donors (Lipinski definition) is 1. The fraction of sp³-hybridized carbons (Fsp3) is 0.474. The third-order valence-corrected chi connectivity index (χ3v) is 4.90. The molecule has 6 heteroatoms. The van der Waals surface area contributed by atoms with E-state index in [1.165, 1.54) is 0 Å². The molecule has 25 heavy (non-hydrogen) atoms. The number of piperazine rings is 1. The van der Waals surface area contributed by atoms with Gasteiger partial charge in [0.25, 0.3) is 5.91 Å². The Morgan fingerprint density at radius 2 is 1.92 bits per heavy atom. The van der Waals surface area contributed by atoms with Gasteiger partial charge in [0.2, 0.25) is 0 Å². The van der Waals surface area contributed by atoms with Crippen LogP contribution in [0, 0.1) is 0 Å². The van der Waals surface area contributed by atoms with Gasteiger partial charge in [-0.3, -0.25) is 14.4 Å². The number of aliphatic hydroxyl groups excluding tert-OH is 1. The molecule has 1 aliphatic rings. The molecule has 1 saturated heterocycles. The Morgan fingerprint density at radius 3 is 2.48 bits per heavy atom. The number of carbonyl (C=O) groups excluding carboxylic acids is 1. The standard InChI is InChI=1S/C19H26N4O2/c1-2-18(15-24)21-10-12-22(13-11-21)19(25)17-6-4-16(5-7-17)14-23-9-3-8-20-23/h3-9,18,24H,2,10-15H2,1H3. The molecular formula is C19H26N4O2. The summed E-state index contributed by atoms with van der Waals surface area (Å²) in [6, 6.07) is 9.89. The average molecular weight is 342 g/mol. The zero-order chi connectivity index (χ0) is 17.6. The van der Waals surface area contributed by atoms with Crippen LogP contribution in [0.15, 0.2) is 42.7 Å². The quantitative estimate of drug-likeness (QED) is 0.863. The van der Waals surface area contributed by atoms with E-state index >= 15 is 0 Å². The lowest BCUT2D eigenvalue weighted by Gasteiger charge is -2.38. The molecule has 1 aliphatic heterocycles. The van der Waals surface area contributed by atoms with Gasteiger partial charge < -0.3 is 10.0 Å². The summed E-state index contributed by atoms with van der Waals surface area (Å²) < 4.78 is 1.86. The lowest BCUT2D eigenvalue weighted by atomic mass is 10.1. The van der Waals surface area contributed by atoms with Gasteiger partial charge in [0, 0.05) is 50.2 Å². The van der Waals surface area contributed by atoms with Gasteiger partial charge in [-0.1, -0.05) is 19.1 Å². The highest BCUT2D eigenvalue weighted by Crippen LogP contribution is 2.13. The summed E-state index contributed by atoms with van der Waals surface area (Å²) in [6.45, 7) is 6.05. The zero-order valence-electron chi connectivity index (χ0n) is 14.7. The summed E-state index contributed by atoms with van der Waals surface area (Å²) in [6.07, 6.45) is 4.62. The normalized spacial score (nSPS) is 16.8. The van der Waals surface area contributed by atoms with Crippen molar-refractivity contribution in [3.05, 3.63) is 53.9 Å². The number of benzene rings is 1. The van der Waals surface area contributed by atoms with E-state index in [0.29, 0.717) is 19.6 Å². The molecule has 6 nitrogen and oxygen atoms in total. The van der Waals surface area contributed by atoms with Crippen LogP contribution in [0.25, 0.3) is 0 Å². The van der Waals surface area contributed by atoms with Crippen molar-refractivity contribution in [3.63, 3.8) is 0 Å². The van der Waals surface area contributed by atoms with Gasteiger partial charge in [-0.05, 0) is 30.2 Å². The second-order valence-electron chi connectivity index (χ2n) is 6.47. The molecule has 1 atom stereocenters. The van der Waals surface area contributed by atoms with E-state index in [9.17, 15) is 9.90 Å². The summed E-state index contributed by atoms with van der Waals surface area (Å²) >= 11 is 0. The first kappa shape index (κ1) is 17.6. The first-order valence-electron chi connectivity index (χ1n) is 8.91. The molecule has 1 aromatic carbocycles. The highest BCUT2D eigenvalue weighted by Gasteiger charge is 2.25. The number of aromatic nitrogens is 2. The van der Waals surface area contributed by atoms with Crippen LogP contribution in [0.1, 0.15) is 29.3 Å². The van der Waals surface area contributed by atoms with E-state index in [1.54, 1.807) is 6.20 Å². The lowest BCUT2D eigenvalue weighted by molar-refractivity contribution is 0.0472. The van der Waals surface area contributed by atoms with Crippen LogP contribution in [-0.2, 0) is 6.54 Å². The summed E-state index contributed by atoms with van der Waals surface area (Å²) in [5.41, 5.74) is 1.85. The third-order valence-electron chi connectivity index (χ3n) is 4.90. The van der Waals surface area contributed by atoms with Crippen molar-refractivity contribution in [3.8, 4) is 0 Å². The Hall–Kier alpha value is -2.18. The molecule has 1 fully saturated rings. The zero-order valence-corrected chi connectivity index (χ0v) is 14.7. The molecule has 0 saturated carbocycles. The minimum atomic E-state index is 0.0855. The van der Waals surface area contributed by atoms with Crippen molar-refractivity contribution < 1.29 is 9.90 Å². The van der Waals surface area contributed by atoms with E-state index in [1.807, 2.05) is 46.1 Å². The number of amides is 1. The monoisotopic (exact) mass is 342 g/mol. The van der Waals surface area contributed by atoms with Crippen LogP contribution in [0.3, 0.4) is 0 Å². The van der Waals surface area contributed by atoms with Crippen LogP contribution in [-0.4, -0.2) is 69.4 Å². The van der Waals surface area contributed by atoms with Gasteiger partial charge in [-0.2, -0.15) is 5.10 Å². The maximum Gasteiger partial charge on any atom is 0.253 e. The molecule has 2 aromatic rings. The number of carbonyl (C=O) groups is 1. The van der Waals surface area contributed by atoms with Gasteiger partial charge in [0.05, 0.1) is 13.2 Å². The Kier molecular flexibility index (Phi) is 5.83. The van der Waals surface area contributed by atoms with E-state index in [-0.39, 0.29) is 18.6 Å². The Bertz CT molecular complexity index is 657. The third kappa shape index (κ3) is 4.27. The average Bonchev–Trinajstić information content (AvgIpc) is 3.16. The molecule has 0 bridgehead atoms. The maximum absolute atomic E-state index is 12.7. The molecule has 134 valence electrons. The summed E-state index contributed by atoms with van der Waals surface area (Å²) in [4.78, 5) is 16.9. The number of rotatable bonds is 6. The van der Waals surface area contributed by atoms with E-state index in [2.05, 4.69) is 16.9 Å². The summed E-state index contributed by atoms with van der Waals surface area (Å²) in [5, 5.41) is 13.6. The molecule has 0 aliphatic carbocycles. The minimum absolute atomic E-state index is 0.0855. The van der Waals surface area contributed by atoms with Crippen molar-refractivity contribution in [2.24, 2.45) is 0 Å². The van der Waals surface area contributed by atoms with Crippen LogP contribution in [0.5, 0.6) is 0 Å². The summed E-state index contributed by atoms with van der Waals surface area (Å²) in [5.74, 6) is 0.0855. The first-order chi connectivity index (χ1) is 12.2. The number of nitrogens with zero attached hydrogens (tertiary/aromatic N) is 4. The minimum Gasteiger partial charge on any atom is -0.395 e. The fourth-order valence-electron chi connectivity index (χ4n) is 3.31. The van der Waals surface area contributed by atoms with Crippen molar-refractivity contribution in [2.75, 3.05) is 32.8 Å². The predicted molar refractivity (Wildman–Crippen MR) is 96.4 cm³/mol. The molecule has 2 heterocycles. The van der Waals surface area contributed by atoms with Gasteiger partial charge in [0.1, 0.15) is 0 Å². The first-order valence-corrected chi connectivity index (χ1v) is 8.91. The molecule has 0 spiro atoms. The van der Waals surface area contributed by atoms with E-state index in [4.69, 9.17) is 0 Å². The molecular weight excluding hydrogens is 316 g/mol. The fourth-order valence-corrected chi connectivity index (χ4v) is 3.31. The maximum atomic E-state index is 12.7. The molecule has 1 N–H and O–H groups in total. The molecule has 1 unspecified atom stereocenters. The highest BCUT2D eigenvalue weighted by molar-refractivity contribution is 5.94. The van der Waals surface area contributed by atoms with Crippen LogP contribution < -0.4 is 0 Å². The van der Waals surface area contributed by atoms with Crippen molar-refractivity contribution in [1.29, 1.82) is 0 Å². The second-order valence-corrected chi connectivity index (χ2v) is 6.47. The number of hydrogen-bond acceptors (Lipinski definition) is 4. The molecule has 1 amide bonds. The van der Waals surface area contributed by atoms with Crippen LogP contribution in [0.4, 0.5) is 0 Å². The van der Waals surface area contributed by atoms with Crippen LogP contribution in [0.2, 0.25) is 0 Å². The number of aliphatic hydroxyl groups is 1. The van der Waals surface area contributed by atoms with E-state index in [0.717, 1.165) is 30.6 Å². The van der Waals surface area contributed by atoms with E-state index < -0.39 is 0 Å². The highest BCUT2D eigenvalue weighted by atomic mass is 16.3. The van der Waals surface area contributed by atoms with Gasteiger partial charge in [-0.25, -0.2) is 0 Å². The molecule has 0 radical (unpaired) electrons. The predicted octanol–water partition coefficient (Wildman–Crippen LogP) is 1.46. The smallest absolute Gasteiger partial charge is 0.253 e. The topological polar surface area (TPSA) is 61.6 Å². The van der Waals surface area contributed by atoms with Crippen molar-refractivity contribution in [1.82, 2.24) is 19.6 Å². The van der Waals surface area contributed by atoms with Crippen molar-refractivity contribution >= 4 is 5.91 Å². The van der Waals surface area contributed by atoms with Gasteiger partial charge in [0.15, 0.2) is 0 Å². The Morgan fingerprint density at radius 1 is 1.20 bits per heavy atom. The summed E-state index contributed by atoms with van der Waals surface area (Å²) in [7, 11) is 0. The largest absolute Gasteiger partial charge is 0.395 e.